The van der Waals surface area contributed by atoms with E-state index in [1.165, 1.54) is 23.3 Å². The van der Waals surface area contributed by atoms with Gasteiger partial charge in [0.1, 0.15) is 0 Å². The predicted molar refractivity (Wildman–Crippen MR) is 140 cm³/mol. The lowest BCUT2D eigenvalue weighted by molar-refractivity contribution is -0.123. The summed E-state index contributed by atoms with van der Waals surface area (Å²) in [5.74, 6) is 1.71. The van der Waals surface area contributed by atoms with E-state index in [4.69, 9.17) is 14.5 Å². The summed E-state index contributed by atoms with van der Waals surface area (Å²) in [5, 5.41) is 3.53. The highest BCUT2D eigenvalue weighted by molar-refractivity contribution is 7.16. The van der Waals surface area contributed by atoms with Crippen molar-refractivity contribution in [1.29, 1.82) is 0 Å². The van der Waals surface area contributed by atoms with Crippen LogP contribution in [-0.4, -0.2) is 30.1 Å². The number of carbonyl (C=O) groups is 2. The molecule has 0 saturated heterocycles. The maximum absolute atomic E-state index is 13.1. The summed E-state index contributed by atoms with van der Waals surface area (Å²) in [4.78, 5) is 33.6. The number of hydrogen-bond donors (Lipinski definition) is 1. The van der Waals surface area contributed by atoms with E-state index in [0.29, 0.717) is 22.5 Å². The number of thiazole rings is 1. The molecule has 0 unspecified atom stereocenters. The molecular weight excluding hydrogens is 474 g/mol. The van der Waals surface area contributed by atoms with Gasteiger partial charge < -0.3 is 19.7 Å². The van der Waals surface area contributed by atoms with Gasteiger partial charge in [0, 0.05) is 28.6 Å². The minimum atomic E-state index is -0.125. The zero-order chi connectivity index (χ0) is 24.6. The zero-order valence-corrected chi connectivity index (χ0v) is 21.2. The Bertz CT molecular complexity index is 1330. The van der Waals surface area contributed by atoms with Crippen molar-refractivity contribution in [1.82, 2.24) is 4.98 Å². The average Bonchev–Trinajstić information content (AvgIpc) is 3.61. The molecule has 1 saturated carbocycles. The summed E-state index contributed by atoms with van der Waals surface area (Å²) in [5.41, 5.74) is 4.98. The van der Waals surface area contributed by atoms with Gasteiger partial charge in [-0.1, -0.05) is 31.4 Å². The van der Waals surface area contributed by atoms with Gasteiger partial charge in [-0.3, -0.25) is 9.59 Å². The number of anilines is 2. The summed E-state index contributed by atoms with van der Waals surface area (Å²) >= 11 is 1.47. The first kappa shape index (κ1) is 23.0. The number of aryl methyl sites for hydroxylation is 1. The van der Waals surface area contributed by atoms with Crippen LogP contribution in [0, 0.1) is 12.8 Å². The topological polar surface area (TPSA) is 80.8 Å². The van der Waals surface area contributed by atoms with E-state index in [-0.39, 0.29) is 25.0 Å². The number of aromatic nitrogens is 1. The predicted octanol–water partition coefficient (Wildman–Crippen LogP) is 5.50. The van der Waals surface area contributed by atoms with Crippen LogP contribution in [0.5, 0.6) is 11.5 Å². The van der Waals surface area contributed by atoms with Crippen molar-refractivity contribution in [3.05, 3.63) is 52.4 Å². The van der Waals surface area contributed by atoms with Gasteiger partial charge in [0.2, 0.25) is 18.6 Å². The lowest BCUT2D eigenvalue weighted by atomic mass is 9.88. The molecule has 1 aliphatic carbocycles. The van der Waals surface area contributed by atoms with Gasteiger partial charge >= 0.3 is 0 Å². The molecule has 186 valence electrons. The summed E-state index contributed by atoms with van der Waals surface area (Å²) < 4.78 is 10.7. The minimum Gasteiger partial charge on any atom is -0.454 e. The van der Waals surface area contributed by atoms with Crippen LogP contribution < -0.4 is 19.7 Å². The standard InChI is InChI=1S/C28H29N3O4S/c1-17-26(30-28(36-17)29-25(32)14-18-7-10-23-24(13-18)35-16-34-23)21-8-9-22-20(15-21)11-12-31(22)27(33)19-5-3-2-4-6-19/h7-10,13,15,19H,2-6,11-12,14,16H2,1H3,(H,29,30,32). The van der Waals surface area contributed by atoms with Crippen molar-refractivity contribution in [3.8, 4) is 22.8 Å². The molecule has 0 radical (unpaired) electrons. The first-order valence-corrected chi connectivity index (χ1v) is 13.5. The molecule has 36 heavy (non-hydrogen) atoms. The van der Waals surface area contributed by atoms with Gasteiger partial charge in [-0.25, -0.2) is 4.98 Å². The van der Waals surface area contributed by atoms with Crippen LogP contribution in [0.15, 0.2) is 36.4 Å². The maximum Gasteiger partial charge on any atom is 0.231 e. The van der Waals surface area contributed by atoms with Crippen LogP contribution in [0.25, 0.3) is 11.3 Å². The summed E-state index contributed by atoms with van der Waals surface area (Å²) in [6, 6.07) is 11.8. The molecule has 7 nitrogen and oxygen atoms in total. The monoisotopic (exact) mass is 503 g/mol. The Balaban J connectivity index is 1.14. The number of benzene rings is 2. The van der Waals surface area contributed by atoms with Crippen LogP contribution in [0.2, 0.25) is 0 Å². The second-order valence-corrected chi connectivity index (χ2v) is 11.0. The molecule has 3 aromatic rings. The smallest absolute Gasteiger partial charge is 0.231 e. The van der Waals surface area contributed by atoms with Crippen molar-refractivity contribution in [2.45, 2.75) is 51.9 Å². The van der Waals surface area contributed by atoms with Gasteiger partial charge in [0.25, 0.3) is 0 Å². The largest absolute Gasteiger partial charge is 0.454 e. The highest BCUT2D eigenvalue weighted by atomic mass is 32.1. The SMILES string of the molecule is Cc1sc(NC(=O)Cc2ccc3c(c2)OCO3)nc1-c1ccc2c(c1)CCN2C(=O)C1CCCCC1. The number of hydrogen-bond acceptors (Lipinski definition) is 6. The van der Waals surface area contributed by atoms with Crippen molar-refractivity contribution >= 4 is 34.0 Å². The van der Waals surface area contributed by atoms with Gasteiger partial charge in [-0.05, 0) is 61.6 Å². The van der Waals surface area contributed by atoms with Gasteiger partial charge in [0.15, 0.2) is 16.6 Å². The third kappa shape index (κ3) is 4.46. The molecule has 8 heteroatoms. The minimum absolute atomic E-state index is 0.125. The molecule has 6 rings (SSSR count). The molecule has 0 bridgehead atoms. The fourth-order valence-electron chi connectivity index (χ4n) is 5.47. The molecule has 2 aromatic carbocycles. The molecule has 0 atom stereocenters. The lowest BCUT2D eigenvalue weighted by Gasteiger charge is -2.26. The van der Waals surface area contributed by atoms with E-state index in [9.17, 15) is 9.59 Å². The summed E-state index contributed by atoms with van der Waals surface area (Å²) in [6.45, 7) is 2.99. The van der Waals surface area contributed by atoms with E-state index in [1.807, 2.05) is 36.1 Å². The molecule has 3 heterocycles. The molecule has 2 aliphatic heterocycles. The number of amides is 2. The molecule has 2 amide bonds. The second-order valence-electron chi connectivity index (χ2n) is 9.75. The Morgan fingerprint density at radius 2 is 1.92 bits per heavy atom. The quantitative estimate of drug-likeness (QED) is 0.497. The van der Waals surface area contributed by atoms with Crippen LogP contribution in [-0.2, 0) is 22.4 Å². The molecule has 3 aliphatic rings. The van der Waals surface area contributed by atoms with Crippen LogP contribution >= 0.6 is 11.3 Å². The number of fused-ring (bicyclic) bond motifs is 2. The fraction of sp³-hybridized carbons (Fsp3) is 0.393. The number of rotatable bonds is 5. The third-order valence-corrected chi connectivity index (χ3v) is 8.20. The van der Waals surface area contributed by atoms with E-state index in [0.717, 1.165) is 66.0 Å². The van der Waals surface area contributed by atoms with Gasteiger partial charge in [-0.15, -0.1) is 11.3 Å². The summed E-state index contributed by atoms with van der Waals surface area (Å²) in [7, 11) is 0. The van der Waals surface area contributed by atoms with Crippen LogP contribution in [0.3, 0.4) is 0 Å². The molecule has 1 aromatic heterocycles. The van der Waals surface area contributed by atoms with E-state index in [1.54, 1.807) is 0 Å². The second kappa shape index (κ2) is 9.58. The Kier molecular flexibility index (Phi) is 6.13. The Labute approximate surface area is 214 Å². The van der Waals surface area contributed by atoms with Crippen molar-refractivity contribution in [2.24, 2.45) is 5.92 Å². The number of ether oxygens (including phenoxy) is 2. The average molecular weight is 504 g/mol. The van der Waals surface area contributed by atoms with Gasteiger partial charge in [0.05, 0.1) is 12.1 Å². The first-order chi connectivity index (χ1) is 17.5. The zero-order valence-electron chi connectivity index (χ0n) is 20.3. The summed E-state index contributed by atoms with van der Waals surface area (Å²) in [6.07, 6.45) is 6.70. The lowest BCUT2D eigenvalue weighted by Crippen LogP contribution is -2.35. The van der Waals surface area contributed by atoms with Gasteiger partial charge in [-0.2, -0.15) is 0 Å². The highest BCUT2D eigenvalue weighted by Gasteiger charge is 2.31. The molecule has 1 N–H and O–H groups in total. The first-order valence-electron chi connectivity index (χ1n) is 12.7. The normalized spacial score (nSPS) is 16.8. The number of nitrogens with one attached hydrogen (secondary N) is 1. The van der Waals surface area contributed by atoms with E-state index in [2.05, 4.69) is 17.4 Å². The van der Waals surface area contributed by atoms with Crippen molar-refractivity contribution in [2.75, 3.05) is 23.6 Å². The van der Waals surface area contributed by atoms with E-state index >= 15 is 0 Å². The van der Waals surface area contributed by atoms with Crippen molar-refractivity contribution in [3.63, 3.8) is 0 Å². The van der Waals surface area contributed by atoms with E-state index < -0.39 is 0 Å². The molecular formula is C28H29N3O4S. The van der Waals surface area contributed by atoms with Crippen LogP contribution in [0.1, 0.15) is 48.1 Å². The highest BCUT2D eigenvalue weighted by Crippen LogP contribution is 2.38. The Hall–Kier alpha value is -3.39. The van der Waals surface area contributed by atoms with Crippen molar-refractivity contribution < 1.29 is 19.1 Å². The Morgan fingerprint density at radius 1 is 1.08 bits per heavy atom. The maximum atomic E-state index is 13.1. The number of nitrogens with zero attached hydrogens (tertiary/aromatic N) is 2. The molecule has 1 fully saturated rings. The number of carbonyl (C=O) groups excluding carboxylic acids is 2. The fourth-order valence-corrected chi connectivity index (χ4v) is 6.32. The third-order valence-electron chi connectivity index (χ3n) is 7.31. The Morgan fingerprint density at radius 3 is 2.78 bits per heavy atom. The van der Waals surface area contributed by atoms with Crippen LogP contribution in [0.4, 0.5) is 10.8 Å². The molecule has 0 spiro atoms.